The summed E-state index contributed by atoms with van der Waals surface area (Å²) in [5.74, 6) is -3.92. The van der Waals surface area contributed by atoms with E-state index in [-0.39, 0.29) is 12.0 Å². The van der Waals surface area contributed by atoms with E-state index in [1.54, 1.807) is 0 Å². The fourth-order valence-corrected chi connectivity index (χ4v) is 2.43. The van der Waals surface area contributed by atoms with Crippen LogP contribution in [0.1, 0.15) is 18.0 Å². The fourth-order valence-electron chi connectivity index (χ4n) is 2.43. The molecular formula is C13H16F4N2. The second kappa shape index (κ2) is 6.34. The maximum absolute atomic E-state index is 13.8. The number of piperazine rings is 1. The average Bonchev–Trinajstić information content (AvgIpc) is 2.44. The van der Waals surface area contributed by atoms with Gasteiger partial charge in [-0.1, -0.05) is 6.07 Å². The molecule has 2 rings (SSSR count). The smallest absolute Gasteiger partial charge is 0.194 e. The summed E-state index contributed by atoms with van der Waals surface area (Å²) in [5.41, 5.74) is 0.0263. The summed E-state index contributed by atoms with van der Waals surface area (Å²) in [4.78, 5) is 1.89. The number of hydrogen-bond donors (Lipinski definition) is 1. The number of halogens is 4. The summed E-state index contributed by atoms with van der Waals surface area (Å²) in [6.45, 7) is 2.06. The molecule has 1 saturated heterocycles. The van der Waals surface area contributed by atoms with Gasteiger partial charge < -0.3 is 5.32 Å². The first-order valence-corrected chi connectivity index (χ1v) is 6.29. The minimum absolute atomic E-state index is 0.0263. The Bertz CT molecular complexity index is 433. The Morgan fingerprint density at radius 3 is 2.42 bits per heavy atom. The molecule has 106 valence electrons. The molecule has 1 fully saturated rings. The lowest BCUT2D eigenvalue weighted by atomic mass is 10.0. The van der Waals surface area contributed by atoms with Gasteiger partial charge >= 0.3 is 0 Å². The summed E-state index contributed by atoms with van der Waals surface area (Å²) in [5, 5.41) is 3.14. The van der Waals surface area contributed by atoms with Crippen molar-refractivity contribution in [2.24, 2.45) is 0 Å². The minimum atomic E-state index is -1.49. The van der Waals surface area contributed by atoms with Crippen LogP contribution in [0.25, 0.3) is 0 Å². The third-order valence-electron chi connectivity index (χ3n) is 3.40. The number of nitrogens with one attached hydrogen (secondary N) is 1. The molecular weight excluding hydrogens is 260 g/mol. The van der Waals surface area contributed by atoms with E-state index in [0.29, 0.717) is 26.2 Å². The zero-order valence-electron chi connectivity index (χ0n) is 10.4. The molecule has 6 heteroatoms. The van der Waals surface area contributed by atoms with Crippen molar-refractivity contribution in [3.8, 4) is 0 Å². The Morgan fingerprint density at radius 2 is 1.79 bits per heavy atom. The third-order valence-corrected chi connectivity index (χ3v) is 3.40. The van der Waals surface area contributed by atoms with Crippen LogP contribution in [-0.2, 0) is 0 Å². The Balaban J connectivity index is 2.30. The quantitative estimate of drug-likeness (QED) is 0.671. The first-order valence-electron chi connectivity index (χ1n) is 6.29. The number of rotatable bonds is 4. The van der Waals surface area contributed by atoms with E-state index in [2.05, 4.69) is 5.32 Å². The highest BCUT2D eigenvalue weighted by Gasteiger charge is 2.26. The fraction of sp³-hybridized carbons (Fsp3) is 0.538. The van der Waals surface area contributed by atoms with Gasteiger partial charge in [0.1, 0.15) is 0 Å². The number of hydrogen-bond acceptors (Lipinski definition) is 2. The van der Waals surface area contributed by atoms with Crippen LogP contribution in [0.4, 0.5) is 17.6 Å². The monoisotopic (exact) mass is 276 g/mol. The van der Waals surface area contributed by atoms with Gasteiger partial charge in [-0.05, 0) is 12.5 Å². The topological polar surface area (TPSA) is 15.3 Å². The Morgan fingerprint density at radius 1 is 1.11 bits per heavy atom. The number of alkyl halides is 1. The minimum Gasteiger partial charge on any atom is -0.314 e. The van der Waals surface area contributed by atoms with Gasteiger partial charge in [0, 0.05) is 37.8 Å². The van der Waals surface area contributed by atoms with Crippen molar-refractivity contribution in [3.63, 3.8) is 0 Å². The van der Waals surface area contributed by atoms with Crippen LogP contribution in [0, 0.1) is 17.5 Å². The molecule has 1 N–H and O–H groups in total. The van der Waals surface area contributed by atoms with Crippen LogP contribution >= 0.6 is 0 Å². The molecule has 1 heterocycles. The summed E-state index contributed by atoms with van der Waals surface area (Å²) >= 11 is 0. The maximum atomic E-state index is 13.8. The standard InChI is InChI=1S/C13H16F4N2/c14-4-3-11(19-7-5-18-6-8-19)9-1-2-10(15)13(17)12(9)16/h1-2,11,18H,3-8H2/t11-/m1/s1. The lowest BCUT2D eigenvalue weighted by molar-refractivity contribution is 0.153. The van der Waals surface area contributed by atoms with E-state index < -0.39 is 30.2 Å². The Labute approximate surface area is 109 Å². The molecule has 0 saturated carbocycles. The Hall–Kier alpha value is -1.14. The normalized spacial score (nSPS) is 18.5. The maximum Gasteiger partial charge on any atom is 0.194 e. The van der Waals surface area contributed by atoms with Gasteiger partial charge in [0.15, 0.2) is 17.5 Å². The highest BCUT2D eigenvalue weighted by atomic mass is 19.2. The molecule has 1 aliphatic heterocycles. The molecule has 19 heavy (non-hydrogen) atoms. The van der Waals surface area contributed by atoms with Crippen LogP contribution in [0.3, 0.4) is 0 Å². The van der Waals surface area contributed by atoms with E-state index in [9.17, 15) is 17.6 Å². The zero-order chi connectivity index (χ0) is 13.8. The van der Waals surface area contributed by atoms with Crippen molar-refractivity contribution >= 4 is 0 Å². The SMILES string of the molecule is FCC[C@H](c1ccc(F)c(F)c1F)N1CCNCC1. The molecule has 0 unspecified atom stereocenters. The van der Waals surface area contributed by atoms with Crippen LogP contribution < -0.4 is 5.32 Å². The molecule has 1 aromatic rings. The molecule has 0 radical (unpaired) electrons. The van der Waals surface area contributed by atoms with Crippen LogP contribution in [0.15, 0.2) is 12.1 Å². The molecule has 0 bridgehead atoms. The predicted molar refractivity (Wildman–Crippen MR) is 64.1 cm³/mol. The van der Waals surface area contributed by atoms with Gasteiger partial charge in [-0.15, -0.1) is 0 Å². The second-order valence-electron chi connectivity index (χ2n) is 4.54. The van der Waals surface area contributed by atoms with E-state index in [1.807, 2.05) is 4.90 Å². The van der Waals surface area contributed by atoms with Crippen LogP contribution in [0.5, 0.6) is 0 Å². The second-order valence-corrected chi connectivity index (χ2v) is 4.54. The first-order chi connectivity index (χ1) is 9.15. The van der Waals surface area contributed by atoms with E-state index in [0.717, 1.165) is 6.07 Å². The van der Waals surface area contributed by atoms with Crippen molar-refractivity contribution in [1.82, 2.24) is 10.2 Å². The van der Waals surface area contributed by atoms with Crippen molar-refractivity contribution in [1.29, 1.82) is 0 Å². The van der Waals surface area contributed by atoms with Crippen molar-refractivity contribution in [2.45, 2.75) is 12.5 Å². The highest BCUT2D eigenvalue weighted by Crippen LogP contribution is 2.29. The van der Waals surface area contributed by atoms with Gasteiger partial charge in [-0.3, -0.25) is 9.29 Å². The lowest BCUT2D eigenvalue weighted by Crippen LogP contribution is -2.45. The van der Waals surface area contributed by atoms with E-state index in [4.69, 9.17) is 0 Å². The van der Waals surface area contributed by atoms with Gasteiger partial charge in [0.05, 0.1) is 6.67 Å². The summed E-state index contributed by atoms with van der Waals surface area (Å²) in [6.07, 6.45) is 0.0714. The summed E-state index contributed by atoms with van der Waals surface area (Å²) < 4.78 is 52.7. The van der Waals surface area contributed by atoms with Crippen molar-refractivity contribution in [2.75, 3.05) is 32.9 Å². The molecule has 2 nitrogen and oxygen atoms in total. The summed E-state index contributed by atoms with van der Waals surface area (Å²) in [6, 6.07) is 1.54. The van der Waals surface area contributed by atoms with E-state index >= 15 is 0 Å². The first kappa shape index (κ1) is 14.3. The molecule has 1 aromatic carbocycles. The Kier molecular flexibility index (Phi) is 4.76. The van der Waals surface area contributed by atoms with Gasteiger partial charge in [-0.25, -0.2) is 13.2 Å². The molecule has 1 atom stereocenters. The third kappa shape index (κ3) is 3.06. The molecule has 1 aliphatic rings. The van der Waals surface area contributed by atoms with Crippen LogP contribution in [-0.4, -0.2) is 37.8 Å². The van der Waals surface area contributed by atoms with Crippen molar-refractivity contribution in [3.05, 3.63) is 35.1 Å². The summed E-state index contributed by atoms with van der Waals surface area (Å²) in [7, 11) is 0. The van der Waals surface area contributed by atoms with Crippen LogP contribution in [0.2, 0.25) is 0 Å². The van der Waals surface area contributed by atoms with Gasteiger partial charge in [0.2, 0.25) is 0 Å². The van der Waals surface area contributed by atoms with Gasteiger partial charge in [0.25, 0.3) is 0 Å². The number of benzene rings is 1. The molecule has 0 spiro atoms. The predicted octanol–water partition coefficient (Wildman–Crippen LogP) is 2.41. The highest BCUT2D eigenvalue weighted by molar-refractivity contribution is 5.24. The number of nitrogens with zero attached hydrogens (tertiary/aromatic N) is 1. The zero-order valence-corrected chi connectivity index (χ0v) is 10.4. The average molecular weight is 276 g/mol. The van der Waals surface area contributed by atoms with Gasteiger partial charge in [-0.2, -0.15) is 0 Å². The lowest BCUT2D eigenvalue weighted by Gasteiger charge is -2.35. The van der Waals surface area contributed by atoms with Crippen molar-refractivity contribution < 1.29 is 17.6 Å². The molecule has 0 aliphatic carbocycles. The largest absolute Gasteiger partial charge is 0.314 e. The molecule has 0 aromatic heterocycles. The van der Waals surface area contributed by atoms with E-state index in [1.165, 1.54) is 6.07 Å². The molecule has 0 amide bonds.